The second-order valence-corrected chi connectivity index (χ2v) is 5.10. The summed E-state index contributed by atoms with van der Waals surface area (Å²) in [4.78, 5) is 7.45. The Morgan fingerprint density at radius 2 is 1.78 bits per heavy atom. The second kappa shape index (κ2) is 6.01. The van der Waals surface area contributed by atoms with E-state index in [1.807, 2.05) is 0 Å². The molecule has 98 valence electrons. The molecular weight excluding hydrogens is 224 g/mol. The summed E-state index contributed by atoms with van der Waals surface area (Å²) in [5.41, 5.74) is 2.56. The molecule has 1 aliphatic rings. The van der Waals surface area contributed by atoms with Gasteiger partial charge in [-0.1, -0.05) is 35.5 Å². The minimum Gasteiger partial charge on any atom is -0.399 e. The quantitative estimate of drug-likeness (QED) is 0.766. The molecular formula is C15H22N2O. The fourth-order valence-electron chi connectivity index (χ4n) is 2.74. The third-order valence-electron chi connectivity index (χ3n) is 3.62. The van der Waals surface area contributed by atoms with E-state index in [9.17, 15) is 0 Å². The van der Waals surface area contributed by atoms with Crippen LogP contribution in [0.1, 0.15) is 32.3 Å². The zero-order valence-corrected chi connectivity index (χ0v) is 11.5. The summed E-state index contributed by atoms with van der Waals surface area (Å²) in [6, 6.07) is 11.7. The Bertz CT molecular complexity index is 388. The van der Waals surface area contributed by atoms with E-state index in [2.05, 4.69) is 54.2 Å². The van der Waals surface area contributed by atoms with Crippen molar-refractivity contribution in [2.24, 2.45) is 5.16 Å². The molecule has 2 unspecified atom stereocenters. The van der Waals surface area contributed by atoms with Crippen molar-refractivity contribution in [3.63, 3.8) is 0 Å². The van der Waals surface area contributed by atoms with Crippen LogP contribution in [0.5, 0.6) is 0 Å². The topological polar surface area (TPSA) is 24.8 Å². The molecule has 0 aliphatic carbocycles. The van der Waals surface area contributed by atoms with Crippen LogP contribution in [0.15, 0.2) is 35.5 Å². The highest BCUT2D eigenvalue weighted by Gasteiger charge is 2.28. The van der Waals surface area contributed by atoms with E-state index < -0.39 is 0 Å². The van der Waals surface area contributed by atoms with Gasteiger partial charge in [-0.3, -0.25) is 4.90 Å². The van der Waals surface area contributed by atoms with E-state index in [4.69, 9.17) is 4.84 Å². The maximum Gasteiger partial charge on any atom is 0.106 e. The largest absolute Gasteiger partial charge is 0.399 e. The average molecular weight is 246 g/mol. The monoisotopic (exact) mass is 246 g/mol. The maximum atomic E-state index is 4.90. The lowest BCUT2D eigenvalue weighted by atomic mass is 9.95. The molecule has 0 saturated carbocycles. The van der Waals surface area contributed by atoms with Gasteiger partial charge in [0.2, 0.25) is 0 Å². The zero-order chi connectivity index (χ0) is 13.0. The summed E-state index contributed by atoms with van der Waals surface area (Å²) in [6.07, 6.45) is 2.01. The van der Waals surface area contributed by atoms with Gasteiger partial charge in [0, 0.05) is 31.5 Å². The summed E-state index contributed by atoms with van der Waals surface area (Å²) >= 11 is 0. The number of hydrogen-bond acceptors (Lipinski definition) is 3. The van der Waals surface area contributed by atoms with Gasteiger partial charge in [-0.15, -0.1) is 0 Å². The van der Waals surface area contributed by atoms with Crippen LogP contribution in [-0.2, 0) is 11.4 Å². The van der Waals surface area contributed by atoms with Crippen molar-refractivity contribution >= 4 is 5.71 Å². The van der Waals surface area contributed by atoms with Gasteiger partial charge in [0.15, 0.2) is 0 Å². The van der Waals surface area contributed by atoms with Crippen LogP contribution < -0.4 is 0 Å². The molecule has 1 heterocycles. The number of piperidine rings is 1. The third kappa shape index (κ3) is 3.10. The smallest absolute Gasteiger partial charge is 0.106 e. The summed E-state index contributed by atoms with van der Waals surface area (Å²) in [7, 11) is 1.62. The molecule has 1 saturated heterocycles. The molecule has 0 N–H and O–H groups in total. The highest BCUT2D eigenvalue weighted by atomic mass is 16.6. The van der Waals surface area contributed by atoms with E-state index in [1.165, 1.54) is 11.3 Å². The molecule has 2 rings (SSSR count). The van der Waals surface area contributed by atoms with Crippen LogP contribution in [0.2, 0.25) is 0 Å². The minimum absolute atomic E-state index is 0.517. The number of benzene rings is 1. The van der Waals surface area contributed by atoms with Gasteiger partial charge < -0.3 is 4.84 Å². The van der Waals surface area contributed by atoms with Gasteiger partial charge in [-0.25, -0.2) is 0 Å². The van der Waals surface area contributed by atoms with E-state index in [1.54, 1.807) is 7.11 Å². The molecule has 1 aromatic rings. The van der Waals surface area contributed by atoms with Crippen LogP contribution in [0.4, 0.5) is 0 Å². The van der Waals surface area contributed by atoms with Crippen molar-refractivity contribution < 1.29 is 4.84 Å². The first-order chi connectivity index (χ1) is 8.70. The fraction of sp³-hybridized carbons (Fsp3) is 0.533. The Balaban J connectivity index is 2.04. The fourth-order valence-corrected chi connectivity index (χ4v) is 2.74. The highest BCUT2D eigenvalue weighted by Crippen LogP contribution is 2.23. The van der Waals surface area contributed by atoms with E-state index >= 15 is 0 Å². The highest BCUT2D eigenvalue weighted by molar-refractivity contribution is 5.85. The van der Waals surface area contributed by atoms with Gasteiger partial charge in [0.05, 0.1) is 5.71 Å². The first kappa shape index (κ1) is 13.1. The molecule has 18 heavy (non-hydrogen) atoms. The van der Waals surface area contributed by atoms with Crippen LogP contribution >= 0.6 is 0 Å². The third-order valence-corrected chi connectivity index (χ3v) is 3.62. The Hall–Kier alpha value is -1.35. The average Bonchev–Trinajstić information content (AvgIpc) is 2.36. The SMILES string of the molecule is CON=C1CC(C)N(Cc2ccccc2)C(C)C1. The van der Waals surface area contributed by atoms with Crippen LogP contribution in [0.3, 0.4) is 0 Å². The Labute approximate surface area is 109 Å². The maximum absolute atomic E-state index is 4.90. The molecule has 0 amide bonds. The molecule has 1 aromatic carbocycles. The summed E-state index contributed by atoms with van der Waals surface area (Å²) in [5, 5.41) is 4.12. The summed E-state index contributed by atoms with van der Waals surface area (Å²) in [6.45, 7) is 5.55. The molecule has 0 spiro atoms. The Morgan fingerprint density at radius 3 is 2.33 bits per heavy atom. The number of likely N-dealkylation sites (tertiary alicyclic amines) is 1. The molecule has 2 atom stereocenters. The number of hydrogen-bond donors (Lipinski definition) is 0. The van der Waals surface area contributed by atoms with Crippen molar-refractivity contribution in [2.45, 2.75) is 45.3 Å². The predicted octanol–water partition coefficient (Wildman–Crippen LogP) is 3.06. The summed E-state index contributed by atoms with van der Waals surface area (Å²) < 4.78 is 0. The summed E-state index contributed by atoms with van der Waals surface area (Å²) in [5.74, 6) is 0. The van der Waals surface area contributed by atoms with Crippen LogP contribution in [-0.4, -0.2) is 29.8 Å². The molecule has 0 radical (unpaired) electrons. The van der Waals surface area contributed by atoms with Crippen molar-refractivity contribution in [1.29, 1.82) is 0 Å². The Morgan fingerprint density at radius 1 is 1.17 bits per heavy atom. The molecule has 1 fully saturated rings. The lowest BCUT2D eigenvalue weighted by Gasteiger charge is -2.39. The van der Waals surface area contributed by atoms with E-state index in [-0.39, 0.29) is 0 Å². The van der Waals surface area contributed by atoms with Gasteiger partial charge in [-0.2, -0.15) is 0 Å². The second-order valence-electron chi connectivity index (χ2n) is 5.10. The van der Waals surface area contributed by atoms with Crippen molar-refractivity contribution in [3.05, 3.63) is 35.9 Å². The molecule has 0 aromatic heterocycles. The van der Waals surface area contributed by atoms with Crippen molar-refractivity contribution in [3.8, 4) is 0 Å². The molecule has 0 bridgehead atoms. The van der Waals surface area contributed by atoms with E-state index in [0.29, 0.717) is 12.1 Å². The number of nitrogens with zero attached hydrogens (tertiary/aromatic N) is 2. The molecule has 3 nitrogen and oxygen atoms in total. The minimum atomic E-state index is 0.517. The standard InChI is InChI=1S/C15H22N2O/c1-12-9-15(16-18-3)10-13(2)17(12)11-14-7-5-4-6-8-14/h4-8,12-13H,9-11H2,1-3H3. The zero-order valence-electron chi connectivity index (χ0n) is 11.5. The van der Waals surface area contributed by atoms with Crippen LogP contribution in [0, 0.1) is 0 Å². The first-order valence-electron chi connectivity index (χ1n) is 6.59. The number of oxime groups is 1. The number of rotatable bonds is 3. The lowest BCUT2D eigenvalue weighted by molar-refractivity contribution is 0.130. The van der Waals surface area contributed by atoms with Crippen molar-refractivity contribution in [2.75, 3.05) is 7.11 Å². The normalized spacial score (nSPS) is 24.9. The van der Waals surface area contributed by atoms with Crippen LogP contribution in [0.25, 0.3) is 0 Å². The molecule has 1 aliphatic heterocycles. The van der Waals surface area contributed by atoms with Gasteiger partial charge in [-0.05, 0) is 19.4 Å². The molecule has 3 heteroatoms. The van der Waals surface area contributed by atoms with Gasteiger partial charge >= 0.3 is 0 Å². The lowest BCUT2D eigenvalue weighted by Crippen LogP contribution is -2.46. The van der Waals surface area contributed by atoms with Crippen molar-refractivity contribution in [1.82, 2.24) is 4.90 Å². The van der Waals surface area contributed by atoms with Gasteiger partial charge in [0.25, 0.3) is 0 Å². The first-order valence-corrected chi connectivity index (χ1v) is 6.59. The Kier molecular flexibility index (Phi) is 4.37. The predicted molar refractivity (Wildman–Crippen MR) is 74.6 cm³/mol. The van der Waals surface area contributed by atoms with E-state index in [0.717, 1.165) is 19.4 Å². The van der Waals surface area contributed by atoms with Gasteiger partial charge in [0.1, 0.15) is 7.11 Å².